The molecule has 6 heteroatoms. The molecule has 1 aliphatic rings. The predicted octanol–water partition coefficient (Wildman–Crippen LogP) is 0.945. The summed E-state index contributed by atoms with van der Waals surface area (Å²) < 4.78 is 26.1. The van der Waals surface area contributed by atoms with Crippen molar-refractivity contribution in [3.8, 4) is 0 Å². The standard InChI is InChI=1S/C13H20N2O3S/c1-13(16)7-4-8-15(10-13)19(17,18)9-11-5-2-3-6-12(11)14/h2-3,5-6,16H,4,7-10,14H2,1H3. The van der Waals surface area contributed by atoms with E-state index >= 15 is 0 Å². The van der Waals surface area contributed by atoms with E-state index in [9.17, 15) is 13.5 Å². The van der Waals surface area contributed by atoms with Crippen molar-refractivity contribution in [1.29, 1.82) is 0 Å². The molecule has 0 bridgehead atoms. The van der Waals surface area contributed by atoms with Gasteiger partial charge in [-0.15, -0.1) is 0 Å². The topological polar surface area (TPSA) is 83.6 Å². The van der Waals surface area contributed by atoms with Crippen molar-refractivity contribution >= 4 is 15.7 Å². The normalized spacial score (nSPS) is 25.4. The molecule has 1 aromatic rings. The molecule has 0 radical (unpaired) electrons. The van der Waals surface area contributed by atoms with E-state index in [2.05, 4.69) is 0 Å². The molecule has 0 aliphatic carbocycles. The Morgan fingerprint density at radius 2 is 2.11 bits per heavy atom. The summed E-state index contributed by atoms with van der Waals surface area (Å²) in [6.45, 7) is 2.29. The molecule has 0 saturated carbocycles. The maximum absolute atomic E-state index is 12.4. The van der Waals surface area contributed by atoms with Crippen molar-refractivity contribution in [2.24, 2.45) is 0 Å². The van der Waals surface area contributed by atoms with Crippen LogP contribution in [-0.4, -0.2) is 36.5 Å². The number of para-hydroxylation sites is 1. The van der Waals surface area contributed by atoms with E-state index in [-0.39, 0.29) is 12.3 Å². The summed E-state index contributed by atoms with van der Waals surface area (Å²) in [5.41, 5.74) is 5.93. The van der Waals surface area contributed by atoms with Crippen LogP contribution in [0.25, 0.3) is 0 Å². The zero-order chi connectivity index (χ0) is 14.1. The maximum Gasteiger partial charge on any atom is 0.218 e. The minimum absolute atomic E-state index is 0.115. The number of hydrogen-bond donors (Lipinski definition) is 2. The molecule has 0 spiro atoms. The smallest absolute Gasteiger partial charge is 0.218 e. The van der Waals surface area contributed by atoms with Crippen LogP contribution in [-0.2, 0) is 15.8 Å². The molecule has 1 unspecified atom stereocenters. The van der Waals surface area contributed by atoms with Gasteiger partial charge in [-0.2, -0.15) is 4.31 Å². The third kappa shape index (κ3) is 3.46. The Labute approximate surface area is 114 Å². The van der Waals surface area contributed by atoms with E-state index in [0.29, 0.717) is 30.6 Å². The minimum Gasteiger partial charge on any atom is -0.398 e. The first-order valence-corrected chi connectivity index (χ1v) is 7.95. The number of benzene rings is 1. The molecule has 1 heterocycles. The molecule has 5 nitrogen and oxygen atoms in total. The number of nitrogens with two attached hydrogens (primary N) is 1. The van der Waals surface area contributed by atoms with Gasteiger partial charge in [-0.05, 0) is 31.4 Å². The molecule has 3 N–H and O–H groups in total. The van der Waals surface area contributed by atoms with Crippen LogP contribution in [0.4, 0.5) is 5.69 Å². The van der Waals surface area contributed by atoms with Crippen molar-refractivity contribution in [3.63, 3.8) is 0 Å². The highest BCUT2D eigenvalue weighted by Crippen LogP contribution is 2.25. The largest absolute Gasteiger partial charge is 0.398 e. The Hall–Kier alpha value is -1.11. The van der Waals surface area contributed by atoms with Crippen LogP contribution in [0.1, 0.15) is 25.3 Å². The van der Waals surface area contributed by atoms with E-state index in [1.165, 1.54) is 4.31 Å². The number of nitrogen functional groups attached to an aromatic ring is 1. The van der Waals surface area contributed by atoms with Gasteiger partial charge in [0.05, 0.1) is 11.4 Å². The van der Waals surface area contributed by atoms with Crippen LogP contribution in [0, 0.1) is 0 Å². The Morgan fingerprint density at radius 3 is 2.74 bits per heavy atom. The lowest BCUT2D eigenvalue weighted by Gasteiger charge is -2.36. The third-order valence-electron chi connectivity index (χ3n) is 3.43. The molecule has 1 saturated heterocycles. The zero-order valence-corrected chi connectivity index (χ0v) is 11.9. The number of piperidine rings is 1. The monoisotopic (exact) mass is 284 g/mol. The summed E-state index contributed by atoms with van der Waals surface area (Å²) in [6, 6.07) is 6.96. The van der Waals surface area contributed by atoms with Gasteiger partial charge in [-0.1, -0.05) is 18.2 Å². The van der Waals surface area contributed by atoms with E-state index in [1.54, 1.807) is 31.2 Å². The molecule has 1 fully saturated rings. The average molecular weight is 284 g/mol. The van der Waals surface area contributed by atoms with Crippen LogP contribution in [0.2, 0.25) is 0 Å². The van der Waals surface area contributed by atoms with Crippen molar-refractivity contribution in [1.82, 2.24) is 4.31 Å². The maximum atomic E-state index is 12.4. The Morgan fingerprint density at radius 1 is 1.42 bits per heavy atom. The molecule has 1 aromatic carbocycles. The van der Waals surface area contributed by atoms with Crippen LogP contribution >= 0.6 is 0 Å². The SMILES string of the molecule is CC1(O)CCCN(S(=O)(=O)Cc2ccccc2N)C1. The van der Waals surface area contributed by atoms with Crippen molar-refractivity contribution in [2.75, 3.05) is 18.8 Å². The number of β-amino-alcohol motifs (C(OH)–C–C–N with tert-alkyl or cyclic N) is 1. The molecular formula is C13H20N2O3S. The van der Waals surface area contributed by atoms with Gasteiger partial charge in [0.15, 0.2) is 0 Å². The molecule has 0 amide bonds. The van der Waals surface area contributed by atoms with Gasteiger partial charge in [-0.3, -0.25) is 0 Å². The summed E-state index contributed by atoms with van der Waals surface area (Å²) in [7, 11) is -3.44. The quantitative estimate of drug-likeness (QED) is 0.809. The summed E-state index contributed by atoms with van der Waals surface area (Å²) in [5, 5.41) is 10.00. The zero-order valence-electron chi connectivity index (χ0n) is 11.0. The molecule has 0 aromatic heterocycles. The second kappa shape index (κ2) is 5.11. The Bertz CT molecular complexity index is 555. The minimum atomic E-state index is -3.44. The highest BCUT2D eigenvalue weighted by atomic mass is 32.2. The number of rotatable bonds is 3. The van der Waals surface area contributed by atoms with E-state index in [0.717, 1.165) is 0 Å². The van der Waals surface area contributed by atoms with E-state index < -0.39 is 15.6 Å². The molecule has 106 valence electrons. The summed E-state index contributed by atoms with van der Waals surface area (Å²) >= 11 is 0. The van der Waals surface area contributed by atoms with Gasteiger partial charge in [0, 0.05) is 18.8 Å². The molecule has 2 rings (SSSR count). The first-order chi connectivity index (χ1) is 8.80. The number of hydrogen-bond acceptors (Lipinski definition) is 4. The van der Waals surface area contributed by atoms with Crippen molar-refractivity contribution in [3.05, 3.63) is 29.8 Å². The highest BCUT2D eigenvalue weighted by Gasteiger charge is 2.34. The van der Waals surface area contributed by atoms with Gasteiger partial charge in [0.25, 0.3) is 0 Å². The van der Waals surface area contributed by atoms with Crippen LogP contribution < -0.4 is 5.73 Å². The highest BCUT2D eigenvalue weighted by molar-refractivity contribution is 7.88. The first-order valence-electron chi connectivity index (χ1n) is 6.34. The fourth-order valence-corrected chi connectivity index (χ4v) is 4.09. The third-order valence-corrected chi connectivity index (χ3v) is 5.20. The van der Waals surface area contributed by atoms with Crippen molar-refractivity contribution in [2.45, 2.75) is 31.1 Å². The number of anilines is 1. The van der Waals surface area contributed by atoms with E-state index in [1.807, 2.05) is 0 Å². The van der Waals surface area contributed by atoms with Gasteiger partial charge >= 0.3 is 0 Å². The number of aliphatic hydroxyl groups is 1. The second-order valence-corrected chi connectivity index (χ2v) is 7.36. The Balaban J connectivity index is 2.17. The van der Waals surface area contributed by atoms with Crippen LogP contribution in [0.3, 0.4) is 0 Å². The molecule has 1 atom stereocenters. The Kier molecular flexibility index (Phi) is 3.85. The number of sulfonamides is 1. The van der Waals surface area contributed by atoms with E-state index in [4.69, 9.17) is 5.73 Å². The lowest BCUT2D eigenvalue weighted by Crippen LogP contribution is -2.48. The van der Waals surface area contributed by atoms with Gasteiger partial charge in [0.1, 0.15) is 0 Å². The molecular weight excluding hydrogens is 264 g/mol. The predicted molar refractivity (Wildman–Crippen MR) is 74.9 cm³/mol. The van der Waals surface area contributed by atoms with Gasteiger partial charge < -0.3 is 10.8 Å². The molecule has 19 heavy (non-hydrogen) atoms. The number of nitrogens with zero attached hydrogens (tertiary/aromatic N) is 1. The van der Waals surface area contributed by atoms with Gasteiger partial charge in [0.2, 0.25) is 10.0 Å². The van der Waals surface area contributed by atoms with Crippen molar-refractivity contribution < 1.29 is 13.5 Å². The molecule has 1 aliphatic heterocycles. The lowest BCUT2D eigenvalue weighted by molar-refractivity contribution is 0.00935. The van der Waals surface area contributed by atoms with Crippen LogP contribution in [0.5, 0.6) is 0 Å². The van der Waals surface area contributed by atoms with Gasteiger partial charge in [-0.25, -0.2) is 8.42 Å². The average Bonchev–Trinajstić information content (AvgIpc) is 2.31. The summed E-state index contributed by atoms with van der Waals surface area (Å²) in [4.78, 5) is 0. The fraction of sp³-hybridized carbons (Fsp3) is 0.538. The summed E-state index contributed by atoms with van der Waals surface area (Å²) in [5.74, 6) is -0.115. The lowest BCUT2D eigenvalue weighted by atomic mass is 9.97. The summed E-state index contributed by atoms with van der Waals surface area (Å²) in [6.07, 6.45) is 1.31. The fourth-order valence-electron chi connectivity index (χ4n) is 2.37. The first kappa shape index (κ1) is 14.3. The van der Waals surface area contributed by atoms with Crippen LogP contribution in [0.15, 0.2) is 24.3 Å². The second-order valence-electron chi connectivity index (χ2n) is 5.39.